The predicted octanol–water partition coefficient (Wildman–Crippen LogP) is 3.33. The average Bonchev–Trinajstić information content (AvgIpc) is 2.80. The molecule has 6 nitrogen and oxygen atoms in total. The van der Waals surface area contributed by atoms with E-state index in [1.54, 1.807) is 14.2 Å². The Hall–Kier alpha value is -3.51. The maximum atomic E-state index is 13.2. The van der Waals surface area contributed by atoms with Crippen LogP contribution in [0, 0.1) is 6.92 Å². The van der Waals surface area contributed by atoms with Gasteiger partial charge in [0.2, 0.25) is 0 Å². The first-order valence-corrected chi connectivity index (χ1v) is 10.2. The first-order valence-electron chi connectivity index (χ1n) is 10.2. The maximum absolute atomic E-state index is 13.2. The molecule has 3 rings (SSSR count). The van der Waals surface area contributed by atoms with Crippen molar-refractivity contribution in [3.63, 3.8) is 0 Å². The van der Waals surface area contributed by atoms with Gasteiger partial charge >= 0.3 is 0 Å². The number of rotatable bonds is 10. The van der Waals surface area contributed by atoms with Crippen LogP contribution in [0.4, 0.5) is 5.69 Å². The van der Waals surface area contributed by atoms with Gasteiger partial charge in [-0.15, -0.1) is 0 Å². The van der Waals surface area contributed by atoms with Gasteiger partial charge in [-0.05, 0) is 36.8 Å². The summed E-state index contributed by atoms with van der Waals surface area (Å²) >= 11 is 0. The molecular formula is C25H29N2O4+. The number of nitrogens with two attached hydrogens (primary N) is 1. The van der Waals surface area contributed by atoms with Crippen molar-refractivity contribution in [2.45, 2.75) is 13.0 Å². The third-order valence-electron chi connectivity index (χ3n) is 4.90. The number of nitrogens with one attached hydrogen (secondary N) is 1. The number of para-hydroxylation sites is 2. The van der Waals surface area contributed by atoms with E-state index in [0.29, 0.717) is 36.1 Å². The van der Waals surface area contributed by atoms with Crippen molar-refractivity contribution < 1.29 is 24.3 Å². The Morgan fingerprint density at radius 1 is 0.903 bits per heavy atom. The van der Waals surface area contributed by atoms with Crippen LogP contribution in [0.25, 0.3) is 0 Å². The normalized spacial score (nSPS) is 11.5. The molecule has 3 N–H and O–H groups in total. The highest BCUT2D eigenvalue weighted by Crippen LogP contribution is 2.27. The third-order valence-corrected chi connectivity index (χ3v) is 4.90. The highest BCUT2D eigenvalue weighted by atomic mass is 16.5. The predicted molar refractivity (Wildman–Crippen MR) is 121 cm³/mol. The van der Waals surface area contributed by atoms with Gasteiger partial charge in [0.05, 0.1) is 19.9 Å². The Labute approximate surface area is 183 Å². The minimum absolute atomic E-state index is 0.118. The Morgan fingerprint density at radius 3 is 2.29 bits per heavy atom. The summed E-state index contributed by atoms with van der Waals surface area (Å²) in [5.74, 6) is 1.88. The van der Waals surface area contributed by atoms with Crippen LogP contribution in [-0.4, -0.2) is 33.3 Å². The van der Waals surface area contributed by atoms with Gasteiger partial charge in [0, 0.05) is 5.56 Å². The summed E-state index contributed by atoms with van der Waals surface area (Å²) in [7, 11) is 3.21. The van der Waals surface area contributed by atoms with E-state index in [1.807, 2.05) is 85.0 Å². The van der Waals surface area contributed by atoms with Crippen molar-refractivity contribution in [2.75, 3.05) is 32.7 Å². The lowest BCUT2D eigenvalue weighted by molar-refractivity contribution is -0.682. The molecule has 1 amide bonds. The second-order valence-electron chi connectivity index (χ2n) is 7.11. The largest absolute Gasteiger partial charge is 0.495 e. The highest BCUT2D eigenvalue weighted by molar-refractivity contribution is 5.95. The molecule has 0 aliphatic rings. The zero-order valence-corrected chi connectivity index (χ0v) is 18.1. The topological polar surface area (TPSA) is 73.4 Å². The first kappa shape index (κ1) is 22.2. The minimum Gasteiger partial charge on any atom is -0.495 e. The molecule has 0 spiro atoms. The number of carbonyl (C=O) groups excluding carboxylic acids is 1. The summed E-state index contributed by atoms with van der Waals surface area (Å²) in [5.41, 5.74) is 2.62. The molecular weight excluding hydrogens is 392 g/mol. The number of benzene rings is 3. The van der Waals surface area contributed by atoms with Gasteiger partial charge in [-0.1, -0.05) is 48.5 Å². The maximum Gasteiger partial charge on any atom is 0.287 e. The molecule has 0 saturated carbocycles. The molecule has 3 aromatic carbocycles. The zero-order chi connectivity index (χ0) is 22.1. The van der Waals surface area contributed by atoms with Crippen molar-refractivity contribution in [1.29, 1.82) is 0 Å². The minimum atomic E-state index is -0.423. The van der Waals surface area contributed by atoms with Gasteiger partial charge < -0.3 is 24.8 Å². The molecule has 0 aliphatic carbocycles. The molecule has 0 radical (unpaired) electrons. The fraction of sp³-hybridized carbons (Fsp3) is 0.240. The van der Waals surface area contributed by atoms with Crippen LogP contribution in [-0.2, 0) is 4.79 Å². The van der Waals surface area contributed by atoms with Crippen molar-refractivity contribution in [1.82, 2.24) is 0 Å². The van der Waals surface area contributed by atoms with E-state index in [1.165, 1.54) is 0 Å². The Kier molecular flexibility index (Phi) is 7.90. The molecule has 0 aromatic heterocycles. The SMILES string of the molecule is COc1ccc(C)cc1NC(=O)[C@H]([NH2+]CCOc1ccccc1OC)c1ccccc1. The van der Waals surface area contributed by atoms with E-state index >= 15 is 0 Å². The lowest BCUT2D eigenvalue weighted by atomic mass is 10.1. The van der Waals surface area contributed by atoms with Gasteiger partial charge in [0.25, 0.3) is 5.91 Å². The van der Waals surface area contributed by atoms with Gasteiger partial charge in [-0.2, -0.15) is 0 Å². The fourth-order valence-electron chi connectivity index (χ4n) is 3.33. The second-order valence-corrected chi connectivity index (χ2v) is 7.11. The molecule has 31 heavy (non-hydrogen) atoms. The highest BCUT2D eigenvalue weighted by Gasteiger charge is 2.25. The van der Waals surface area contributed by atoms with Gasteiger partial charge in [0.15, 0.2) is 17.5 Å². The molecule has 0 unspecified atom stereocenters. The van der Waals surface area contributed by atoms with Crippen molar-refractivity contribution >= 4 is 11.6 Å². The van der Waals surface area contributed by atoms with Crippen molar-refractivity contribution in [3.05, 3.63) is 83.9 Å². The number of ether oxygens (including phenoxy) is 3. The van der Waals surface area contributed by atoms with Gasteiger partial charge in [-0.25, -0.2) is 0 Å². The molecule has 0 aliphatic heterocycles. The zero-order valence-electron chi connectivity index (χ0n) is 18.1. The number of amides is 1. The lowest BCUT2D eigenvalue weighted by Gasteiger charge is -2.18. The molecule has 0 heterocycles. The number of hydrogen-bond donors (Lipinski definition) is 2. The van der Waals surface area contributed by atoms with E-state index in [0.717, 1.165) is 11.1 Å². The smallest absolute Gasteiger partial charge is 0.287 e. The monoisotopic (exact) mass is 421 g/mol. The van der Waals surface area contributed by atoms with Gasteiger partial charge in [0.1, 0.15) is 18.9 Å². The quantitative estimate of drug-likeness (QED) is 0.493. The van der Waals surface area contributed by atoms with Crippen molar-refractivity contribution in [3.8, 4) is 17.2 Å². The molecule has 0 bridgehead atoms. The summed E-state index contributed by atoms with van der Waals surface area (Å²) in [6, 6.07) is 22.5. The van der Waals surface area contributed by atoms with E-state index in [9.17, 15) is 4.79 Å². The Morgan fingerprint density at radius 2 is 1.58 bits per heavy atom. The van der Waals surface area contributed by atoms with Crippen molar-refractivity contribution in [2.24, 2.45) is 0 Å². The molecule has 0 fully saturated rings. The fourth-order valence-corrected chi connectivity index (χ4v) is 3.33. The number of carbonyl (C=O) groups is 1. The summed E-state index contributed by atoms with van der Waals surface area (Å²) in [4.78, 5) is 13.2. The van der Waals surface area contributed by atoms with E-state index < -0.39 is 6.04 Å². The second kappa shape index (κ2) is 11.0. The van der Waals surface area contributed by atoms with Crippen LogP contribution in [0.3, 0.4) is 0 Å². The van der Waals surface area contributed by atoms with Crippen LogP contribution in [0.2, 0.25) is 0 Å². The van der Waals surface area contributed by atoms with Gasteiger partial charge in [-0.3, -0.25) is 4.79 Å². The summed E-state index contributed by atoms with van der Waals surface area (Å²) in [5, 5.41) is 5.00. The molecule has 3 aromatic rings. The van der Waals surface area contributed by atoms with Crippen LogP contribution >= 0.6 is 0 Å². The standard InChI is InChI=1S/C25H28N2O4/c1-18-13-14-21(29-2)20(17-18)27-25(28)24(19-9-5-4-6-10-19)26-15-16-31-23-12-8-7-11-22(23)30-3/h4-14,17,24,26H,15-16H2,1-3H3,(H,27,28)/p+1/t24-/m1/s1. The molecule has 0 saturated heterocycles. The molecule has 6 heteroatoms. The molecule has 1 atom stereocenters. The van der Waals surface area contributed by atoms with Crippen LogP contribution in [0.5, 0.6) is 17.2 Å². The number of quaternary nitrogens is 1. The summed E-state index contributed by atoms with van der Waals surface area (Å²) in [6.45, 7) is 3.01. The number of aryl methyl sites for hydroxylation is 1. The van der Waals surface area contributed by atoms with Crippen LogP contribution < -0.4 is 24.8 Å². The Bertz CT molecular complexity index is 992. The summed E-state index contributed by atoms with van der Waals surface area (Å²) in [6.07, 6.45) is 0. The first-order chi connectivity index (χ1) is 15.1. The van der Waals surface area contributed by atoms with Crippen LogP contribution in [0.1, 0.15) is 17.2 Å². The lowest BCUT2D eigenvalue weighted by Crippen LogP contribution is -2.88. The van der Waals surface area contributed by atoms with Crippen LogP contribution in [0.15, 0.2) is 72.8 Å². The van der Waals surface area contributed by atoms with E-state index in [4.69, 9.17) is 14.2 Å². The third kappa shape index (κ3) is 5.99. The number of methoxy groups -OCH3 is 2. The van der Waals surface area contributed by atoms with E-state index in [2.05, 4.69) is 5.32 Å². The summed E-state index contributed by atoms with van der Waals surface area (Å²) < 4.78 is 16.6. The number of hydrogen-bond acceptors (Lipinski definition) is 4. The van der Waals surface area contributed by atoms with E-state index in [-0.39, 0.29) is 5.91 Å². The molecule has 162 valence electrons. The average molecular weight is 422 g/mol. The number of anilines is 1. The Balaban J connectivity index is 1.69.